The first kappa shape index (κ1) is 8.35. The summed E-state index contributed by atoms with van der Waals surface area (Å²) in [7, 11) is 0. The van der Waals surface area contributed by atoms with Gasteiger partial charge in [-0.3, -0.25) is 0 Å². The Hall–Kier alpha value is 0.250. The van der Waals surface area contributed by atoms with Crippen LogP contribution in [0.2, 0.25) is 0 Å². The molecule has 1 heterocycles. The Kier molecular flexibility index (Phi) is 4.15. The van der Waals surface area contributed by atoms with Crippen LogP contribution in [0.15, 0.2) is 0 Å². The van der Waals surface area contributed by atoms with Crippen LogP contribution in [0.25, 0.3) is 0 Å². The molecule has 1 saturated heterocycles. The van der Waals surface area contributed by atoms with Crippen LogP contribution in [-0.4, -0.2) is 19.1 Å². The van der Waals surface area contributed by atoms with Crippen molar-refractivity contribution >= 4 is 11.6 Å². The second-order valence-corrected chi connectivity index (χ2v) is 3.29. The molecule has 1 unspecified atom stereocenters. The van der Waals surface area contributed by atoms with Crippen LogP contribution in [0.1, 0.15) is 25.7 Å². The first-order chi connectivity index (χ1) is 4.93. The maximum absolute atomic E-state index is 5.56. The number of ether oxygens (including phenoxy) is 1. The smallest absolute Gasteiger partial charge is 0.0495 e. The van der Waals surface area contributed by atoms with E-state index in [-0.39, 0.29) is 0 Å². The summed E-state index contributed by atoms with van der Waals surface area (Å²) in [5, 5.41) is 0. The lowest BCUT2D eigenvalue weighted by molar-refractivity contribution is 0.184. The minimum atomic E-state index is 0.813. The van der Waals surface area contributed by atoms with Gasteiger partial charge in [0.25, 0.3) is 0 Å². The van der Waals surface area contributed by atoms with Crippen LogP contribution < -0.4 is 0 Å². The summed E-state index contributed by atoms with van der Waals surface area (Å²) in [4.78, 5) is 0. The molecule has 1 nitrogen and oxygen atoms in total. The lowest BCUT2D eigenvalue weighted by atomic mass is 10.0. The maximum Gasteiger partial charge on any atom is 0.0495 e. The molecule has 0 amide bonds. The number of rotatable bonds is 4. The molecular formula is C8H15ClO. The van der Waals surface area contributed by atoms with Crippen LogP contribution >= 0.6 is 11.6 Å². The predicted molar refractivity (Wildman–Crippen MR) is 43.5 cm³/mol. The Bertz CT molecular complexity index is 79.3. The lowest BCUT2D eigenvalue weighted by Crippen LogP contribution is -1.98. The van der Waals surface area contributed by atoms with Crippen LogP contribution in [0.4, 0.5) is 0 Å². The lowest BCUT2D eigenvalue weighted by Gasteiger charge is -2.04. The molecule has 0 radical (unpaired) electrons. The fraction of sp³-hybridized carbons (Fsp3) is 1.00. The first-order valence-electron chi connectivity index (χ1n) is 4.07. The zero-order chi connectivity index (χ0) is 7.23. The molecule has 1 fully saturated rings. The average Bonchev–Trinajstić information content (AvgIpc) is 2.41. The molecule has 1 rings (SSSR count). The van der Waals surface area contributed by atoms with Crippen molar-refractivity contribution in [3.63, 3.8) is 0 Å². The molecule has 0 aromatic carbocycles. The zero-order valence-corrected chi connectivity index (χ0v) is 7.07. The van der Waals surface area contributed by atoms with Crippen molar-refractivity contribution in [2.45, 2.75) is 25.7 Å². The zero-order valence-electron chi connectivity index (χ0n) is 6.31. The van der Waals surface area contributed by atoms with E-state index in [2.05, 4.69) is 0 Å². The fourth-order valence-corrected chi connectivity index (χ4v) is 1.53. The maximum atomic E-state index is 5.56. The SMILES string of the molecule is ClCCCCC1CCOC1. The van der Waals surface area contributed by atoms with Gasteiger partial charge in [-0.1, -0.05) is 6.42 Å². The molecule has 0 N–H and O–H groups in total. The van der Waals surface area contributed by atoms with Gasteiger partial charge in [0.1, 0.15) is 0 Å². The molecule has 1 aliphatic rings. The van der Waals surface area contributed by atoms with Crippen molar-refractivity contribution in [1.29, 1.82) is 0 Å². The molecule has 10 heavy (non-hydrogen) atoms. The monoisotopic (exact) mass is 162 g/mol. The van der Waals surface area contributed by atoms with Crippen molar-refractivity contribution in [3.8, 4) is 0 Å². The number of hydrogen-bond acceptors (Lipinski definition) is 1. The van der Waals surface area contributed by atoms with Gasteiger partial charge in [0.15, 0.2) is 0 Å². The van der Waals surface area contributed by atoms with E-state index in [1.54, 1.807) is 0 Å². The van der Waals surface area contributed by atoms with E-state index in [1.165, 1.54) is 19.3 Å². The summed E-state index contributed by atoms with van der Waals surface area (Å²) in [6.45, 7) is 1.97. The van der Waals surface area contributed by atoms with Gasteiger partial charge in [0.05, 0.1) is 0 Å². The summed E-state index contributed by atoms with van der Waals surface area (Å²) in [6, 6.07) is 0. The minimum absolute atomic E-state index is 0.813. The van der Waals surface area contributed by atoms with Crippen molar-refractivity contribution in [2.24, 2.45) is 5.92 Å². The van der Waals surface area contributed by atoms with Gasteiger partial charge in [0, 0.05) is 19.1 Å². The third-order valence-corrected chi connectivity index (χ3v) is 2.29. The Morgan fingerprint density at radius 1 is 1.40 bits per heavy atom. The van der Waals surface area contributed by atoms with Crippen LogP contribution in [0, 0.1) is 5.92 Å². The van der Waals surface area contributed by atoms with Gasteiger partial charge in [-0.25, -0.2) is 0 Å². The summed E-state index contributed by atoms with van der Waals surface area (Å²) in [5.41, 5.74) is 0. The second kappa shape index (κ2) is 4.97. The highest BCUT2D eigenvalue weighted by atomic mass is 35.5. The van der Waals surface area contributed by atoms with Gasteiger partial charge in [0.2, 0.25) is 0 Å². The third kappa shape index (κ3) is 2.89. The van der Waals surface area contributed by atoms with E-state index in [0.717, 1.165) is 31.4 Å². The molecule has 0 aromatic heterocycles. The normalized spacial score (nSPS) is 25.5. The number of hydrogen-bond donors (Lipinski definition) is 0. The highest BCUT2D eigenvalue weighted by molar-refractivity contribution is 6.17. The molecule has 0 aliphatic carbocycles. The Labute approximate surface area is 67.7 Å². The Morgan fingerprint density at radius 2 is 2.30 bits per heavy atom. The topological polar surface area (TPSA) is 9.23 Å². The van der Waals surface area contributed by atoms with E-state index < -0.39 is 0 Å². The molecule has 0 saturated carbocycles. The van der Waals surface area contributed by atoms with Crippen LogP contribution in [-0.2, 0) is 4.74 Å². The molecule has 1 atom stereocenters. The highest BCUT2D eigenvalue weighted by Gasteiger charge is 2.14. The summed E-state index contributed by atoms with van der Waals surface area (Å²) in [6.07, 6.45) is 5.02. The molecule has 2 heteroatoms. The van der Waals surface area contributed by atoms with E-state index in [4.69, 9.17) is 16.3 Å². The quantitative estimate of drug-likeness (QED) is 0.456. The molecule has 60 valence electrons. The average molecular weight is 163 g/mol. The van der Waals surface area contributed by atoms with Crippen molar-refractivity contribution in [3.05, 3.63) is 0 Å². The molecule has 0 bridgehead atoms. The highest BCUT2D eigenvalue weighted by Crippen LogP contribution is 2.18. The van der Waals surface area contributed by atoms with Crippen LogP contribution in [0.3, 0.4) is 0 Å². The van der Waals surface area contributed by atoms with E-state index in [0.29, 0.717) is 0 Å². The first-order valence-corrected chi connectivity index (χ1v) is 4.60. The van der Waals surface area contributed by atoms with Crippen molar-refractivity contribution < 1.29 is 4.74 Å². The van der Waals surface area contributed by atoms with Gasteiger partial charge in [-0.2, -0.15) is 0 Å². The van der Waals surface area contributed by atoms with Gasteiger partial charge in [-0.05, 0) is 25.2 Å². The van der Waals surface area contributed by atoms with Gasteiger partial charge >= 0.3 is 0 Å². The minimum Gasteiger partial charge on any atom is -0.381 e. The molecular weight excluding hydrogens is 148 g/mol. The predicted octanol–water partition coefficient (Wildman–Crippen LogP) is 2.43. The van der Waals surface area contributed by atoms with Crippen molar-refractivity contribution in [2.75, 3.05) is 19.1 Å². The van der Waals surface area contributed by atoms with Gasteiger partial charge in [-0.15, -0.1) is 11.6 Å². The van der Waals surface area contributed by atoms with Crippen LogP contribution in [0.5, 0.6) is 0 Å². The summed E-state index contributed by atoms with van der Waals surface area (Å²) < 4.78 is 5.25. The molecule has 0 spiro atoms. The van der Waals surface area contributed by atoms with Gasteiger partial charge < -0.3 is 4.74 Å². The van der Waals surface area contributed by atoms with Crippen molar-refractivity contribution in [1.82, 2.24) is 0 Å². The Balaban J connectivity index is 1.91. The van der Waals surface area contributed by atoms with E-state index >= 15 is 0 Å². The molecule has 1 aliphatic heterocycles. The fourth-order valence-electron chi connectivity index (χ4n) is 1.34. The molecule has 0 aromatic rings. The third-order valence-electron chi connectivity index (χ3n) is 2.02. The number of unbranched alkanes of at least 4 members (excludes halogenated alkanes) is 1. The summed E-state index contributed by atoms with van der Waals surface area (Å²) in [5.74, 6) is 1.65. The number of halogens is 1. The number of alkyl halides is 1. The Morgan fingerprint density at radius 3 is 2.90 bits per heavy atom. The second-order valence-electron chi connectivity index (χ2n) is 2.91. The van der Waals surface area contributed by atoms with E-state index in [9.17, 15) is 0 Å². The largest absolute Gasteiger partial charge is 0.381 e. The van der Waals surface area contributed by atoms with E-state index in [1.807, 2.05) is 0 Å². The standard InChI is InChI=1S/C8H15ClO/c9-5-2-1-3-8-4-6-10-7-8/h8H,1-7H2. The summed E-state index contributed by atoms with van der Waals surface area (Å²) >= 11 is 5.56.